The van der Waals surface area contributed by atoms with Gasteiger partial charge in [0.1, 0.15) is 5.82 Å². The molecule has 3 aromatic carbocycles. The molecule has 1 N–H and O–H groups in total. The first-order chi connectivity index (χ1) is 17.3. The van der Waals surface area contributed by atoms with Crippen molar-refractivity contribution in [3.05, 3.63) is 119 Å². The van der Waals surface area contributed by atoms with Crippen LogP contribution in [0.5, 0.6) is 0 Å². The van der Waals surface area contributed by atoms with Crippen molar-refractivity contribution in [3.8, 4) is 0 Å². The zero-order chi connectivity index (χ0) is 25.5. The number of aryl methyl sites for hydroxylation is 1. The summed E-state index contributed by atoms with van der Waals surface area (Å²) in [7, 11) is -3.93. The van der Waals surface area contributed by atoms with Crippen LogP contribution in [0.25, 0.3) is 0 Å². The van der Waals surface area contributed by atoms with Crippen molar-refractivity contribution in [3.63, 3.8) is 0 Å². The Morgan fingerprint density at radius 2 is 1.50 bits per heavy atom. The minimum atomic E-state index is -3.93. The number of amides is 1. The van der Waals surface area contributed by atoms with Gasteiger partial charge in [0.15, 0.2) is 0 Å². The van der Waals surface area contributed by atoms with Gasteiger partial charge in [0.2, 0.25) is 5.95 Å². The Morgan fingerprint density at radius 1 is 0.889 bits per heavy atom. The van der Waals surface area contributed by atoms with Gasteiger partial charge in [-0.3, -0.25) is 4.79 Å². The summed E-state index contributed by atoms with van der Waals surface area (Å²) in [6.45, 7) is 2.28. The molecular weight excluding hydrogens is 479 g/mol. The molecule has 184 valence electrons. The summed E-state index contributed by atoms with van der Waals surface area (Å²) in [4.78, 5) is 20.9. The number of carbonyl (C=O) groups is 1. The van der Waals surface area contributed by atoms with Crippen LogP contribution in [0.3, 0.4) is 0 Å². The molecule has 0 fully saturated rings. The molecule has 0 atom stereocenters. The van der Waals surface area contributed by atoms with E-state index in [1.807, 2.05) is 6.92 Å². The maximum absolute atomic E-state index is 13.4. The van der Waals surface area contributed by atoms with Crippen LogP contribution in [0.2, 0.25) is 0 Å². The van der Waals surface area contributed by atoms with Crippen LogP contribution in [0, 0.1) is 12.7 Å². The lowest BCUT2D eigenvalue weighted by atomic mass is 10.1. The number of rotatable bonds is 9. The number of benzene rings is 3. The maximum Gasteiger partial charge on any atom is 0.266 e. The van der Waals surface area contributed by atoms with Crippen molar-refractivity contribution in [1.29, 1.82) is 0 Å². The lowest BCUT2D eigenvalue weighted by Crippen LogP contribution is -2.32. The number of nitrogens with one attached hydrogen (secondary N) is 1. The fourth-order valence-corrected chi connectivity index (χ4v) is 4.88. The molecular formula is C27H25FN4O3S. The molecule has 36 heavy (non-hydrogen) atoms. The zero-order valence-electron chi connectivity index (χ0n) is 19.6. The minimum Gasteiger partial charge on any atom is -0.352 e. The van der Waals surface area contributed by atoms with E-state index in [9.17, 15) is 17.6 Å². The number of sulfonamides is 1. The van der Waals surface area contributed by atoms with Crippen LogP contribution in [-0.2, 0) is 23.0 Å². The van der Waals surface area contributed by atoms with Crippen LogP contribution in [0.15, 0.2) is 96.2 Å². The van der Waals surface area contributed by atoms with Crippen molar-refractivity contribution in [2.45, 2.75) is 24.8 Å². The summed E-state index contributed by atoms with van der Waals surface area (Å²) < 4.78 is 41.0. The molecule has 0 spiro atoms. The summed E-state index contributed by atoms with van der Waals surface area (Å²) in [6, 6.07) is 21.0. The molecule has 0 saturated carbocycles. The topological polar surface area (TPSA) is 92.3 Å². The van der Waals surface area contributed by atoms with E-state index in [1.54, 1.807) is 66.7 Å². The molecule has 0 saturated heterocycles. The summed E-state index contributed by atoms with van der Waals surface area (Å²) in [5.41, 5.74) is 2.98. The number of carbonyl (C=O) groups excluding carboxylic acids is 1. The Kier molecular flexibility index (Phi) is 7.70. The molecule has 1 amide bonds. The standard InChI is InChI=1S/C27H25FN4O3S/c1-20-3-13-25(14-4-20)36(34,35)32(27-30-16-2-17-31-27)19-22-5-9-23(10-6-22)26(33)29-18-15-21-7-11-24(28)12-8-21/h2-14,16-17H,15,18-19H2,1H3,(H,29,33). The third-order valence-corrected chi connectivity index (χ3v) is 7.28. The number of hydrogen-bond donors (Lipinski definition) is 1. The number of hydrogen-bond acceptors (Lipinski definition) is 5. The highest BCUT2D eigenvalue weighted by Gasteiger charge is 2.27. The summed E-state index contributed by atoms with van der Waals surface area (Å²) in [6.07, 6.45) is 3.55. The molecule has 0 radical (unpaired) electrons. The van der Waals surface area contributed by atoms with E-state index < -0.39 is 10.0 Å². The number of aromatic nitrogens is 2. The molecule has 9 heteroatoms. The predicted molar refractivity (Wildman–Crippen MR) is 135 cm³/mol. The monoisotopic (exact) mass is 504 g/mol. The average Bonchev–Trinajstić information content (AvgIpc) is 2.89. The largest absolute Gasteiger partial charge is 0.352 e. The smallest absolute Gasteiger partial charge is 0.266 e. The SMILES string of the molecule is Cc1ccc(S(=O)(=O)N(Cc2ccc(C(=O)NCCc3ccc(F)cc3)cc2)c2ncccn2)cc1. The Morgan fingerprint density at radius 3 is 2.14 bits per heavy atom. The summed E-state index contributed by atoms with van der Waals surface area (Å²) >= 11 is 0. The van der Waals surface area contributed by atoms with E-state index in [1.165, 1.54) is 24.5 Å². The first-order valence-electron chi connectivity index (χ1n) is 11.3. The molecule has 0 aliphatic carbocycles. The first-order valence-corrected chi connectivity index (χ1v) is 12.7. The fraction of sp³-hybridized carbons (Fsp3) is 0.148. The Bertz CT molecular complexity index is 1410. The van der Waals surface area contributed by atoms with Crippen LogP contribution < -0.4 is 9.62 Å². The third kappa shape index (κ3) is 6.11. The van der Waals surface area contributed by atoms with Crippen LogP contribution in [0.1, 0.15) is 27.0 Å². The molecule has 0 aliphatic heterocycles. The van der Waals surface area contributed by atoms with E-state index in [0.29, 0.717) is 24.1 Å². The third-order valence-electron chi connectivity index (χ3n) is 5.54. The van der Waals surface area contributed by atoms with Crippen molar-refractivity contribution in [2.75, 3.05) is 10.8 Å². The molecule has 0 bridgehead atoms. The lowest BCUT2D eigenvalue weighted by Gasteiger charge is -2.22. The fourth-order valence-electron chi connectivity index (χ4n) is 3.52. The van der Waals surface area contributed by atoms with E-state index in [0.717, 1.165) is 15.4 Å². The maximum atomic E-state index is 13.4. The van der Waals surface area contributed by atoms with Gasteiger partial charge in [0.25, 0.3) is 15.9 Å². The molecule has 1 heterocycles. The van der Waals surface area contributed by atoms with E-state index in [-0.39, 0.29) is 29.1 Å². The molecule has 7 nitrogen and oxygen atoms in total. The van der Waals surface area contributed by atoms with Gasteiger partial charge in [-0.05, 0) is 66.9 Å². The second-order valence-corrected chi connectivity index (χ2v) is 10.1. The van der Waals surface area contributed by atoms with Crippen molar-refractivity contribution >= 4 is 21.9 Å². The average molecular weight is 505 g/mol. The Balaban J connectivity index is 1.47. The highest BCUT2D eigenvalue weighted by molar-refractivity contribution is 7.92. The van der Waals surface area contributed by atoms with Crippen molar-refractivity contribution < 1.29 is 17.6 Å². The number of halogens is 1. The summed E-state index contributed by atoms with van der Waals surface area (Å²) in [5, 5.41) is 2.84. The predicted octanol–water partition coefficient (Wildman–Crippen LogP) is 4.29. The van der Waals surface area contributed by atoms with E-state index >= 15 is 0 Å². The van der Waals surface area contributed by atoms with Gasteiger partial charge in [-0.1, -0.05) is 42.0 Å². The van der Waals surface area contributed by atoms with Gasteiger partial charge in [-0.25, -0.2) is 27.1 Å². The van der Waals surface area contributed by atoms with Gasteiger partial charge in [0.05, 0.1) is 11.4 Å². The molecule has 4 rings (SSSR count). The van der Waals surface area contributed by atoms with Crippen LogP contribution >= 0.6 is 0 Å². The molecule has 1 aromatic heterocycles. The second-order valence-electron chi connectivity index (χ2n) is 8.20. The Labute approximate surface area is 209 Å². The van der Waals surface area contributed by atoms with E-state index in [4.69, 9.17) is 0 Å². The highest BCUT2D eigenvalue weighted by Crippen LogP contribution is 2.23. The number of anilines is 1. The Hall–Kier alpha value is -4.11. The normalized spacial score (nSPS) is 11.2. The highest BCUT2D eigenvalue weighted by atomic mass is 32.2. The molecule has 0 unspecified atom stereocenters. The van der Waals surface area contributed by atoms with Gasteiger partial charge < -0.3 is 5.32 Å². The van der Waals surface area contributed by atoms with Gasteiger partial charge in [0, 0.05) is 24.5 Å². The van der Waals surface area contributed by atoms with Crippen LogP contribution in [-0.4, -0.2) is 30.8 Å². The van der Waals surface area contributed by atoms with Crippen molar-refractivity contribution in [2.24, 2.45) is 0 Å². The lowest BCUT2D eigenvalue weighted by molar-refractivity contribution is 0.0954. The van der Waals surface area contributed by atoms with Gasteiger partial charge >= 0.3 is 0 Å². The van der Waals surface area contributed by atoms with Gasteiger partial charge in [-0.15, -0.1) is 0 Å². The minimum absolute atomic E-state index is 0.00725. The van der Waals surface area contributed by atoms with Crippen LogP contribution in [0.4, 0.5) is 10.3 Å². The van der Waals surface area contributed by atoms with Crippen molar-refractivity contribution in [1.82, 2.24) is 15.3 Å². The quantitative estimate of drug-likeness (QED) is 0.367. The van der Waals surface area contributed by atoms with E-state index in [2.05, 4.69) is 15.3 Å². The second kappa shape index (κ2) is 11.1. The zero-order valence-corrected chi connectivity index (χ0v) is 20.5. The summed E-state index contributed by atoms with van der Waals surface area (Å²) in [5.74, 6) is -0.494. The number of nitrogens with zero attached hydrogens (tertiary/aromatic N) is 3. The first kappa shape index (κ1) is 25.0. The molecule has 4 aromatic rings. The van der Waals surface area contributed by atoms with Gasteiger partial charge in [-0.2, -0.15) is 0 Å². The molecule has 0 aliphatic rings.